The largest absolute Gasteiger partial charge is 0.492 e. The Morgan fingerprint density at radius 1 is 1.03 bits per heavy atom. The molecule has 0 spiro atoms. The molecule has 6 rings (SSSR count). The van der Waals surface area contributed by atoms with Crippen molar-refractivity contribution in [2.45, 2.75) is 31.5 Å². The zero-order valence-electron chi connectivity index (χ0n) is 19.7. The Kier molecular flexibility index (Phi) is 5.03. The second-order valence-electron chi connectivity index (χ2n) is 10.1. The second-order valence-corrected chi connectivity index (χ2v) is 10.1. The van der Waals surface area contributed by atoms with Gasteiger partial charge >= 0.3 is 0 Å². The van der Waals surface area contributed by atoms with Gasteiger partial charge in [0, 0.05) is 49.9 Å². The van der Waals surface area contributed by atoms with Gasteiger partial charge in [-0.25, -0.2) is 0 Å². The van der Waals surface area contributed by atoms with Crippen molar-refractivity contribution in [3.63, 3.8) is 0 Å². The van der Waals surface area contributed by atoms with Gasteiger partial charge in [0.1, 0.15) is 41.3 Å². The Labute approximate surface area is 195 Å². The van der Waals surface area contributed by atoms with E-state index >= 15 is 0 Å². The highest BCUT2D eigenvalue weighted by Crippen LogP contribution is 2.54. The molecule has 0 unspecified atom stereocenters. The molecule has 0 radical (unpaired) electrons. The molecule has 0 N–H and O–H groups in total. The first-order valence-electron chi connectivity index (χ1n) is 12.0. The molecule has 0 aliphatic carbocycles. The minimum atomic E-state index is -0.306. The molecule has 0 saturated carbocycles. The van der Waals surface area contributed by atoms with Crippen LogP contribution in [0.25, 0.3) is 6.08 Å². The number of benzene rings is 2. The van der Waals surface area contributed by atoms with E-state index in [4.69, 9.17) is 18.9 Å². The summed E-state index contributed by atoms with van der Waals surface area (Å²) in [6, 6.07) is 10.4. The number of rotatable bonds is 4. The predicted molar refractivity (Wildman–Crippen MR) is 128 cm³/mol. The molecule has 1 saturated heterocycles. The van der Waals surface area contributed by atoms with Crippen molar-refractivity contribution in [1.29, 1.82) is 0 Å². The molecule has 2 aromatic rings. The van der Waals surface area contributed by atoms with Gasteiger partial charge in [-0.05, 0) is 51.2 Å². The Hall–Kier alpha value is -2.70. The quantitative estimate of drug-likeness (QED) is 0.702. The van der Waals surface area contributed by atoms with Crippen molar-refractivity contribution in [3.8, 4) is 23.0 Å². The summed E-state index contributed by atoms with van der Waals surface area (Å²) >= 11 is 0. The lowest BCUT2D eigenvalue weighted by atomic mass is 9.87. The van der Waals surface area contributed by atoms with Crippen molar-refractivity contribution >= 4 is 6.08 Å². The van der Waals surface area contributed by atoms with Gasteiger partial charge in [0.2, 0.25) is 0 Å². The first-order chi connectivity index (χ1) is 16.0. The molecule has 33 heavy (non-hydrogen) atoms. The lowest BCUT2D eigenvalue weighted by Gasteiger charge is -2.33. The third kappa shape index (κ3) is 3.85. The van der Waals surface area contributed by atoms with Crippen molar-refractivity contribution in [3.05, 3.63) is 53.1 Å². The number of hydrogen-bond acceptors (Lipinski definition) is 6. The van der Waals surface area contributed by atoms with Crippen LogP contribution in [0.3, 0.4) is 0 Å². The smallest absolute Gasteiger partial charge is 0.138 e. The summed E-state index contributed by atoms with van der Waals surface area (Å²) in [6.07, 6.45) is 4.16. The molecule has 4 aliphatic heterocycles. The van der Waals surface area contributed by atoms with E-state index in [0.717, 1.165) is 66.8 Å². The van der Waals surface area contributed by atoms with E-state index < -0.39 is 0 Å². The fraction of sp³-hybridized carbons (Fsp3) is 0.481. The van der Waals surface area contributed by atoms with Gasteiger partial charge in [0.15, 0.2) is 0 Å². The standard InChI is InChI=1S/C27H32N2O4/c1-27(2)9-8-20-23(33-27)7-6-21-25(20)31-17-22-19-5-4-18(16-24(19)32-26(21)22)30-15-14-29-12-10-28(3)11-13-29/h4-9,16,22,26H,10-15,17H2,1-3H3/t22-,26-/m0/s1. The van der Waals surface area contributed by atoms with E-state index in [1.54, 1.807) is 0 Å². The van der Waals surface area contributed by atoms with Gasteiger partial charge in [0.05, 0.1) is 18.1 Å². The van der Waals surface area contributed by atoms with Gasteiger partial charge in [0.25, 0.3) is 0 Å². The number of ether oxygens (including phenoxy) is 4. The van der Waals surface area contributed by atoms with Crippen molar-refractivity contribution in [2.75, 3.05) is 53.0 Å². The zero-order chi connectivity index (χ0) is 22.6. The summed E-state index contributed by atoms with van der Waals surface area (Å²) in [5.74, 6) is 3.72. The number of fused-ring (bicyclic) bond motifs is 7. The van der Waals surface area contributed by atoms with E-state index in [1.165, 1.54) is 5.56 Å². The number of hydrogen-bond donors (Lipinski definition) is 0. The van der Waals surface area contributed by atoms with Crippen LogP contribution in [0.1, 0.15) is 42.6 Å². The van der Waals surface area contributed by atoms with Crippen LogP contribution >= 0.6 is 0 Å². The second kappa shape index (κ2) is 7.96. The predicted octanol–water partition coefficient (Wildman–Crippen LogP) is 4.11. The Balaban J connectivity index is 1.16. The van der Waals surface area contributed by atoms with Crippen LogP contribution in [0.5, 0.6) is 23.0 Å². The molecular weight excluding hydrogens is 416 g/mol. The minimum absolute atomic E-state index is 0.0435. The number of piperazine rings is 1. The van der Waals surface area contributed by atoms with E-state index in [-0.39, 0.29) is 17.6 Å². The molecule has 6 heteroatoms. The maximum atomic E-state index is 6.48. The summed E-state index contributed by atoms with van der Waals surface area (Å²) in [5, 5.41) is 0. The molecule has 4 aliphatic rings. The number of nitrogens with zero attached hydrogens (tertiary/aromatic N) is 2. The summed E-state index contributed by atoms with van der Waals surface area (Å²) in [4.78, 5) is 4.84. The lowest BCUT2D eigenvalue weighted by Crippen LogP contribution is -2.45. The summed E-state index contributed by atoms with van der Waals surface area (Å²) in [5.41, 5.74) is 2.99. The van der Waals surface area contributed by atoms with Gasteiger partial charge in [-0.15, -0.1) is 0 Å². The molecule has 1 fully saturated rings. The monoisotopic (exact) mass is 448 g/mol. The van der Waals surface area contributed by atoms with Crippen LogP contribution in [0.15, 0.2) is 36.4 Å². The van der Waals surface area contributed by atoms with Crippen LogP contribution in [-0.2, 0) is 0 Å². The molecule has 0 amide bonds. The van der Waals surface area contributed by atoms with E-state index in [2.05, 4.69) is 61.0 Å². The molecule has 2 aromatic carbocycles. The zero-order valence-corrected chi connectivity index (χ0v) is 19.7. The minimum Gasteiger partial charge on any atom is -0.492 e. The molecule has 0 bridgehead atoms. The first kappa shape index (κ1) is 20.9. The van der Waals surface area contributed by atoms with Crippen LogP contribution in [-0.4, -0.2) is 68.4 Å². The summed E-state index contributed by atoms with van der Waals surface area (Å²) in [7, 11) is 2.18. The fourth-order valence-corrected chi connectivity index (χ4v) is 5.22. The van der Waals surface area contributed by atoms with Crippen molar-refractivity contribution < 1.29 is 18.9 Å². The maximum Gasteiger partial charge on any atom is 0.138 e. The maximum absolute atomic E-state index is 6.48. The molecule has 174 valence electrons. The van der Waals surface area contributed by atoms with Crippen molar-refractivity contribution in [1.82, 2.24) is 9.80 Å². The van der Waals surface area contributed by atoms with Crippen LogP contribution in [0.4, 0.5) is 0 Å². The topological polar surface area (TPSA) is 43.4 Å². The molecule has 4 heterocycles. The summed E-state index contributed by atoms with van der Waals surface area (Å²) in [6.45, 7) is 10.8. The van der Waals surface area contributed by atoms with Crippen LogP contribution in [0, 0.1) is 0 Å². The Bertz CT molecular complexity index is 1090. The van der Waals surface area contributed by atoms with Crippen LogP contribution in [0.2, 0.25) is 0 Å². The first-order valence-corrected chi connectivity index (χ1v) is 12.0. The highest BCUT2D eigenvalue weighted by molar-refractivity contribution is 5.70. The molecule has 6 nitrogen and oxygen atoms in total. The van der Waals surface area contributed by atoms with Gasteiger partial charge in [-0.2, -0.15) is 0 Å². The van der Waals surface area contributed by atoms with Gasteiger partial charge in [-0.1, -0.05) is 6.07 Å². The Morgan fingerprint density at radius 2 is 1.85 bits per heavy atom. The van der Waals surface area contributed by atoms with Crippen LogP contribution < -0.4 is 18.9 Å². The fourth-order valence-electron chi connectivity index (χ4n) is 5.22. The molecule has 2 atom stereocenters. The average molecular weight is 449 g/mol. The normalized spacial score (nSPS) is 25.1. The third-order valence-electron chi connectivity index (χ3n) is 7.20. The van der Waals surface area contributed by atoms with Gasteiger partial charge < -0.3 is 23.8 Å². The molecule has 0 aromatic heterocycles. The third-order valence-corrected chi connectivity index (χ3v) is 7.20. The SMILES string of the molecule is CN1CCN(CCOc2ccc3c(c2)O[C@H]2c4ccc5c(c4OC[C@@H]32)C=CC(C)(C)O5)CC1. The highest BCUT2D eigenvalue weighted by Gasteiger charge is 2.42. The summed E-state index contributed by atoms with van der Waals surface area (Å²) < 4.78 is 25.0. The van der Waals surface area contributed by atoms with E-state index in [0.29, 0.717) is 13.2 Å². The van der Waals surface area contributed by atoms with Gasteiger partial charge in [-0.3, -0.25) is 4.90 Å². The lowest BCUT2D eigenvalue weighted by molar-refractivity contribution is 0.132. The molecular formula is C27H32N2O4. The number of likely N-dealkylation sites (N-methyl/N-ethyl adjacent to an activating group) is 1. The average Bonchev–Trinajstić information content (AvgIpc) is 3.17. The van der Waals surface area contributed by atoms with E-state index in [1.807, 2.05) is 12.1 Å². The van der Waals surface area contributed by atoms with Crippen molar-refractivity contribution in [2.24, 2.45) is 0 Å². The van der Waals surface area contributed by atoms with E-state index in [9.17, 15) is 0 Å². The highest BCUT2D eigenvalue weighted by atomic mass is 16.5. The Morgan fingerprint density at radius 3 is 2.70 bits per heavy atom.